The molecule has 0 aliphatic carbocycles. The third kappa shape index (κ3) is 5.84. The average molecular weight is 516 g/mol. The Balaban J connectivity index is 1.49. The summed E-state index contributed by atoms with van der Waals surface area (Å²) in [5.41, 5.74) is 2.85. The molecule has 3 aromatic rings. The zero-order chi connectivity index (χ0) is 27.2. The number of allylic oxidation sites excluding steroid dienone is 2. The highest BCUT2D eigenvalue weighted by molar-refractivity contribution is 5.99. The summed E-state index contributed by atoms with van der Waals surface area (Å²) in [6.07, 6.45) is 6.77. The number of nitrogens with zero attached hydrogens (tertiary/aromatic N) is 4. The molecule has 2 heterocycles. The van der Waals surface area contributed by atoms with Crippen molar-refractivity contribution in [1.29, 1.82) is 0 Å². The number of hydrogen-bond acceptors (Lipinski definition) is 8. The second kappa shape index (κ2) is 11.3. The Labute approximate surface area is 217 Å². The summed E-state index contributed by atoms with van der Waals surface area (Å²) < 4.78 is 7.33. The number of aromatic nitrogens is 3. The molecule has 0 saturated heterocycles. The van der Waals surface area contributed by atoms with Crippen molar-refractivity contribution < 1.29 is 24.4 Å². The maximum absolute atomic E-state index is 13.2. The summed E-state index contributed by atoms with van der Waals surface area (Å²) in [6.45, 7) is 3.82. The van der Waals surface area contributed by atoms with Gasteiger partial charge in [-0.1, -0.05) is 42.5 Å². The van der Waals surface area contributed by atoms with Crippen LogP contribution < -0.4 is 5.32 Å². The van der Waals surface area contributed by atoms with Crippen LogP contribution >= 0.6 is 0 Å². The van der Waals surface area contributed by atoms with Gasteiger partial charge in [0.15, 0.2) is 0 Å². The quantitative estimate of drug-likeness (QED) is 0.246. The first-order valence-corrected chi connectivity index (χ1v) is 11.7. The first kappa shape index (κ1) is 26.0. The van der Waals surface area contributed by atoms with E-state index in [1.54, 1.807) is 44.7 Å². The highest BCUT2D eigenvalue weighted by atomic mass is 16.6. The van der Waals surface area contributed by atoms with Gasteiger partial charge in [-0.2, -0.15) is 0 Å². The first-order chi connectivity index (χ1) is 18.2. The first-order valence-electron chi connectivity index (χ1n) is 11.7. The summed E-state index contributed by atoms with van der Waals surface area (Å²) in [5, 5.41) is 31.7. The fourth-order valence-corrected chi connectivity index (χ4v) is 4.33. The van der Waals surface area contributed by atoms with Gasteiger partial charge in [-0.3, -0.25) is 10.1 Å². The lowest BCUT2D eigenvalue weighted by molar-refractivity contribution is -0.384. The minimum absolute atomic E-state index is 0.0508. The zero-order valence-electron chi connectivity index (χ0n) is 20.7. The molecule has 0 amide bonds. The molecule has 1 atom stereocenters. The maximum atomic E-state index is 13.2. The lowest BCUT2D eigenvalue weighted by atomic mass is 9.80. The molecule has 0 fully saturated rings. The van der Waals surface area contributed by atoms with Gasteiger partial charge in [0.2, 0.25) is 0 Å². The molecule has 4 rings (SSSR count). The van der Waals surface area contributed by atoms with Crippen LogP contribution in [0.5, 0.6) is 0 Å². The van der Waals surface area contributed by atoms with E-state index in [1.165, 1.54) is 18.2 Å². The molecule has 11 nitrogen and oxygen atoms in total. The standard InChI is InChI=1S/C27H25N5O6/c1-17-23(26(33)34)25(21-6-3-7-22(13-21)32(36)37)24(18(2)30-17)27(35)38-12-4-5-19-8-10-20(11-9-19)14-31-15-28-29-16-31/h3-11,13,15-16,25,30H,12,14H2,1-2H3,(H,33,34). The van der Waals surface area contributed by atoms with E-state index in [9.17, 15) is 24.8 Å². The molecule has 0 radical (unpaired) electrons. The normalized spacial score (nSPS) is 15.5. The number of nitro groups is 1. The highest BCUT2D eigenvalue weighted by Gasteiger charge is 2.37. The van der Waals surface area contributed by atoms with Crippen molar-refractivity contribution in [2.24, 2.45) is 0 Å². The number of esters is 1. The van der Waals surface area contributed by atoms with Gasteiger partial charge in [0, 0.05) is 30.1 Å². The molecule has 1 aliphatic rings. The van der Waals surface area contributed by atoms with Gasteiger partial charge >= 0.3 is 11.9 Å². The molecule has 0 bridgehead atoms. The van der Waals surface area contributed by atoms with E-state index >= 15 is 0 Å². The van der Waals surface area contributed by atoms with Crippen LogP contribution in [0.2, 0.25) is 0 Å². The molecule has 0 saturated carbocycles. The second-order valence-corrected chi connectivity index (χ2v) is 8.67. The number of carbonyl (C=O) groups excluding carboxylic acids is 1. The molecule has 38 heavy (non-hydrogen) atoms. The van der Waals surface area contributed by atoms with Gasteiger partial charge in [0.05, 0.1) is 22.0 Å². The van der Waals surface area contributed by atoms with Crippen molar-refractivity contribution in [3.05, 3.63) is 117 Å². The van der Waals surface area contributed by atoms with Crippen molar-refractivity contribution >= 4 is 23.7 Å². The molecule has 1 unspecified atom stereocenters. The van der Waals surface area contributed by atoms with Gasteiger partial charge in [-0.05, 0) is 36.6 Å². The summed E-state index contributed by atoms with van der Waals surface area (Å²) >= 11 is 0. The number of aliphatic carboxylic acids is 1. The summed E-state index contributed by atoms with van der Waals surface area (Å²) in [4.78, 5) is 36.1. The molecule has 194 valence electrons. The van der Waals surface area contributed by atoms with Crippen LogP contribution in [-0.2, 0) is 20.9 Å². The van der Waals surface area contributed by atoms with Gasteiger partial charge < -0.3 is 19.7 Å². The van der Waals surface area contributed by atoms with Gasteiger partial charge in [-0.25, -0.2) is 9.59 Å². The Kier molecular flexibility index (Phi) is 7.76. The largest absolute Gasteiger partial charge is 0.478 e. The molecule has 11 heteroatoms. The van der Waals surface area contributed by atoms with Crippen LogP contribution in [-0.4, -0.2) is 43.3 Å². The number of nitro benzene ring substituents is 1. The second-order valence-electron chi connectivity index (χ2n) is 8.67. The topological polar surface area (TPSA) is 149 Å². The lowest BCUT2D eigenvalue weighted by Gasteiger charge is -2.29. The lowest BCUT2D eigenvalue weighted by Crippen LogP contribution is -2.31. The summed E-state index contributed by atoms with van der Waals surface area (Å²) in [5.74, 6) is -2.99. The van der Waals surface area contributed by atoms with Crippen molar-refractivity contribution in [3.63, 3.8) is 0 Å². The molecular formula is C27H25N5O6. The number of carboxylic acids is 1. The van der Waals surface area contributed by atoms with E-state index in [-0.39, 0.29) is 23.4 Å². The molecule has 1 aromatic heterocycles. The third-order valence-corrected chi connectivity index (χ3v) is 6.06. The Morgan fingerprint density at radius 3 is 2.45 bits per heavy atom. The number of nitrogens with one attached hydrogen (secondary N) is 1. The number of hydrogen-bond donors (Lipinski definition) is 2. The minimum Gasteiger partial charge on any atom is -0.478 e. The van der Waals surface area contributed by atoms with Crippen molar-refractivity contribution in [1.82, 2.24) is 20.1 Å². The number of benzene rings is 2. The predicted octanol–water partition coefficient (Wildman–Crippen LogP) is 3.81. The van der Waals surface area contributed by atoms with Gasteiger partial charge in [0.1, 0.15) is 19.3 Å². The van der Waals surface area contributed by atoms with E-state index in [0.29, 0.717) is 23.5 Å². The number of carboxylic acid groups (broad SMARTS) is 1. The van der Waals surface area contributed by atoms with E-state index in [0.717, 1.165) is 11.1 Å². The van der Waals surface area contributed by atoms with Crippen LogP contribution in [0.4, 0.5) is 5.69 Å². The van der Waals surface area contributed by atoms with E-state index in [2.05, 4.69) is 15.5 Å². The van der Waals surface area contributed by atoms with Crippen molar-refractivity contribution in [2.75, 3.05) is 6.61 Å². The van der Waals surface area contributed by atoms with Crippen LogP contribution in [0.25, 0.3) is 6.08 Å². The molecule has 2 aromatic carbocycles. The van der Waals surface area contributed by atoms with E-state index in [4.69, 9.17) is 4.74 Å². The Morgan fingerprint density at radius 1 is 1.11 bits per heavy atom. The van der Waals surface area contributed by atoms with E-state index < -0.39 is 22.8 Å². The maximum Gasteiger partial charge on any atom is 0.337 e. The third-order valence-electron chi connectivity index (χ3n) is 6.06. The van der Waals surface area contributed by atoms with Crippen LogP contribution in [0, 0.1) is 10.1 Å². The fourth-order valence-electron chi connectivity index (χ4n) is 4.33. The van der Waals surface area contributed by atoms with Crippen molar-refractivity contribution in [3.8, 4) is 0 Å². The van der Waals surface area contributed by atoms with Crippen LogP contribution in [0.15, 0.2) is 89.8 Å². The summed E-state index contributed by atoms with van der Waals surface area (Å²) in [7, 11) is 0. The molecular weight excluding hydrogens is 490 g/mol. The predicted molar refractivity (Wildman–Crippen MR) is 138 cm³/mol. The number of ether oxygens (including phenoxy) is 1. The SMILES string of the molecule is CC1=C(C(=O)O)C(c2cccc([N+](=O)[O-])c2)C(C(=O)OCC=Cc2ccc(Cn3cnnc3)cc2)=C(C)N1. The number of carbonyl (C=O) groups is 2. The minimum atomic E-state index is -1.24. The van der Waals surface area contributed by atoms with E-state index in [1.807, 2.05) is 28.8 Å². The van der Waals surface area contributed by atoms with Gasteiger partial charge in [-0.15, -0.1) is 10.2 Å². The zero-order valence-corrected chi connectivity index (χ0v) is 20.7. The number of dihydropyridines is 1. The van der Waals surface area contributed by atoms with Crippen LogP contribution in [0.3, 0.4) is 0 Å². The highest BCUT2D eigenvalue weighted by Crippen LogP contribution is 2.39. The van der Waals surface area contributed by atoms with Crippen molar-refractivity contribution in [2.45, 2.75) is 26.3 Å². The molecule has 1 aliphatic heterocycles. The Hall–Kier alpha value is -5.06. The van der Waals surface area contributed by atoms with Gasteiger partial charge in [0.25, 0.3) is 5.69 Å². The number of rotatable bonds is 9. The van der Waals surface area contributed by atoms with Crippen LogP contribution in [0.1, 0.15) is 36.5 Å². The molecule has 2 N–H and O–H groups in total. The Morgan fingerprint density at radius 2 is 1.79 bits per heavy atom. The monoisotopic (exact) mass is 515 g/mol. The summed E-state index contributed by atoms with van der Waals surface area (Å²) in [6, 6.07) is 13.4. The Bertz CT molecular complexity index is 1460. The number of non-ortho nitro benzene ring substituents is 1. The smallest absolute Gasteiger partial charge is 0.337 e. The fraction of sp³-hybridized carbons (Fsp3) is 0.185. The average Bonchev–Trinajstić information content (AvgIpc) is 3.40. The molecule has 0 spiro atoms.